The molecule has 0 aliphatic rings. The molecule has 0 aliphatic heterocycles. The van der Waals surface area contributed by atoms with E-state index in [0.717, 1.165) is 0 Å². The Balaban J connectivity index is 2.74. The predicted molar refractivity (Wildman–Crippen MR) is 101 cm³/mol. The molecule has 0 radical (unpaired) electrons. The molecule has 0 fully saturated rings. The summed E-state index contributed by atoms with van der Waals surface area (Å²) in [6, 6.07) is 3.44. The fraction of sp³-hybridized carbons (Fsp3) is 0.421. The van der Waals surface area contributed by atoms with Crippen molar-refractivity contribution < 1.29 is 28.9 Å². The molecule has 1 unspecified atom stereocenters. The molecule has 2 rings (SSSR count). The van der Waals surface area contributed by atoms with Crippen LogP contribution < -0.4 is 14.4 Å². The van der Waals surface area contributed by atoms with E-state index in [9.17, 15) is 14.7 Å². The lowest BCUT2D eigenvalue weighted by Crippen LogP contribution is -2.30. The van der Waals surface area contributed by atoms with Crippen molar-refractivity contribution in [2.75, 3.05) is 39.3 Å². The first-order valence-corrected chi connectivity index (χ1v) is 8.49. The van der Waals surface area contributed by atoms with Crippen molar-refractivity contribution in [2.24, 2.45) is 5.92 Å². The molecule has 8 nitrogen and oxygen atoms in total. The summed E-state index contributed by atoms with van der Waals surface area (Å²) >= 11 is 0. The number of anilines is 1. The molecule has 0 spiro atoms. The highest BCUT2D eigenvalue weighted by Crippen LogP contribution is 2.37. The third kappa shape index (κ3) is 4.21. The van der Waals surface area contributed by atoms with Gasteiger partial charge in [0.15, 0.2) is 0 Å². The number of ether oxygens (including phenoxy) is 3. The number of carboxylic acids is 1. The van der Waals surface area contributed by atoms with Crippen molar-refractivity contribution in [1.82, 2.24) is 4.98 Å². The third-order valence-electron chi connectivity index (χ3n) is 4.18. The van der Waals surface area contributed by atoms with Gasteiger partial charge >= 0.3 is 11.9 Å². The zero-order chi connectivity index (χ0) is 20.1. The SMILES string of the molecule is CCOC(=O)c1cnc2c(OC)cc(OC)cc2c1N(C)CC(C)C(=O)O. The molecule has 1 aromatic heterocycles. The molecule has 2 aromatic rings. The van der Waals surface area contributed by atoms with Crippen molar-refractivity contribution in [1.29, 1.82) is 0 Å². The molecule has 1 N–H and O–H groups in total. The van der Waals surface area contributed by atoms with Crippen LogP contribution in [-0.2, 0) is 9.53 Å². The lowest BCUT2D eigenvalue weighted by molar-refractivity contribution is -0.140. The molecule has 1 atom stereocenters. The Kier molecular flexibility index (Phi) is 6.44. The van der Waals surface area contributed by atoms with E-state index in [4.69, 9.17) is 14.2 Å². The normalized spacial score (nSPS) is 11.7. The average molecular weight is 376 g/mol. The van der Waals surface area contributed by atoms with E-state index in [1.54, 1.807) is 37.9 Å². The van der Waals surface area contributed by atoms with Gasteiger partial charge in [-0.15, -0.1) is 0 Å². The largest absolute Gasteiger partial charge is 0.497 e. The number of nitrogens with zero attached hydrogens (tertiary/aromatic N) is 2. The molecule has 0 saturated heterocycles. The standard InChI is InChI=1S/C19H24N2O6/c1-6-27-19(24)14-9-20-16-13(7-12(25-4)8-15(16)26-5)17(14)21(3)10-11(2)18(22)23/h7-9,11H,6,10H2,1-5H3,(H,22,23). The van der Waals surface area contributed by atoms with E-state index >= 15 is 0 Å². The fourth-order valence-corrected chi connectivity index (χ4v) is 2.85. The molecular weight excluding hydrogens is 352 g/mol. The van der Waals surface area contributed by atoms with Crippen LogP contribution in [0.2, 0.25) is 0 Å². The highest BCUT2D eigenvalue weighted by Gasteiger charge is 2.24. The number of benzene rings is 1. The van der Waals surface area contributed by atoms with Crippen molar-refractivity contribution in [3.8, 4) is 11.5 Å². The van der Waals surface area contributed by atoms with E-state index in [0.29, 0.717) is 28.1 Å². The number of aromatic nitrogens is 1. The van der Waals surface area contributed by atoms with Crippen LogP contribution in [0, 0.1) is 5.92 Å². The van der Waals surface area contributed by atoms with Crippen LogP contribution in [0.4, 0.5) is 5.69 Å². The molecule has 27 heavy (non-hydrogen) atoms. The average Bonchev–Trinajstić information content (AvgIpc) is 2.65. The number of esters is 1. The first-order chi connectivity index (χ1) is 12.8. The maximum absolute atomic E-state index is 12.5. The minimum atomic E-state index is -0.923. The Morgan fingerprint density at radius 3 is 2.52 bits per heavy atom. The van der Waals surface area contributed by atoms with Gasteiger partial charge in [0.1, 0.15) is 22.6 Å². The summed E-state index contributed by atoms with van der Waals surface area (Å²) < 4.78 is 15.9. The molecule has 146 valence electrons. The lowest BCUT2D eigenvalue weighted by atomic mass is 10.1. The second-order valence-corrected chi connectivity index (χ2v) is 6.09. The van der Waals surface area contributed by atoms with Crippen LogP contribution in [0.15, 0.2) is 18.3 Å². The van der Waals surface area contributed by atoms with Gasteiger partial charge in [-0.3, -0.25) is 9.78 Å². The number of carboxylic acid groups (broad SMARTS) is 1. The monoisotopic (exact) mass is 376 g/mol. The highest BCUT2D eigenvalue weighted by molar-refractivity contribution is 6.07. The van der Waals surface area contributed by atoms with Gasteiger partial charge in [0, 0.05) is 31.2 Å². The van der Waals surface area contributed by atoms with Crippen molar-refractivity contribution in [3.63, 3.8) is 0 Å². The third-order valence-corrected chi connectivity index (χ3v) is 4.18. The number of rotatable bonds is 8. The summed E-state index contributed by atoms with van der Waals surface area (Å²) in [5.41, 5.74) is 1.31. The summed E-state index contributed by atoms with van der Waals surface area (Å²) in [5, 5.41) is 9.86. The first kappa shape index (κ1) is 20.3. The van der Waals surface area contributed by atoms with Gasteiger partial charge < -0.3 is 24.2 Å². The Bertz CT molecular complexity index is 852. The number of aliphatic carboxylic acids is 1. The molecular formula is C19H24N2O6. The molecule has 0 saturated carbocycles. The van der Waals surface area contributed by atoms with Crippen LogP contribution >= 0.6 is 0 Å². The van der Waals surface area contributed by atoms with Gasteiger partial charge in [-0.25, -0.2) is 4.79 Å². The number of hydrogen-bond donors (Lipinski definition) is 1. The zero-order valence-corrected chi connectivity index (χ0v) is 16.1. The molecule has 0 aliphatic carbocycles. The van der Waals surface area contributed by atoms with Gasteiger partial charge in [-0.05, 0) is 13.0 Å². The van der Waals surface area contributed by atoms with Gasteiger partial charge in [-0.1, -0.05) is 6.92 Å². The summed E-state index contributed by atoms with van der Waals surface area (Å²) in [6.45, 7) is 3.73. The van der Waals surface area contributed by atoms with Gasteiger partial charge in [0.2, 0.25) is 0 Å². The van der Waals surface area contributed by atoms with E-state index in [1.807, 2.05) is 0 Å². The van der Waals surface area contributed by atoms with Gasteiger partial charge in [0.25, 0.3) is 0 Å². The minimum absolute atomic E-state index is 0.195. The highest BCUT2D eigenvalue weighted by atomic mass is 16.5. The molecule has 1 heterocycles. The number of methoxy groups -OCH3 is 2. The summed E-state index contributed by atoms with van der Waals surface area (Å²) in [7, 11) is 4.77. The summed E-state index contributed by atoms with van der Waals surface area (Å²) in [5.74, 6) is -1.07. The topological polar surface area (TPSA) is 98.2 Å². The molecule has 0 bridgehead atoms. The number of hydrogen-bond acceptors (Lipinski definition) is 7. The van der Waals surface area contributed by atoms with Crippen molar-refractivity contribution in [3.05, 3.63) is 23.9 Å². The number of carbonyl (C=O) groups is 2. The van der Waals surface area contributed by atoms with E-state index in [-0.39, 0.29) is 18.7 Å². The zero-order valence-electron chi connectivity index (χ0n) is 16.1. The second-order valence-electron chi connectivity index (χ2n) is 6.09. The maximum atomic E-state index is 12.5. The maximum Gasteiger partial charge on any atom is 0.341 e. The number of carbonyl (C=O) groups excluding carboxylic acids is 1. The second kappa shape index (κ2) is 8.57. The molecule has 1 aromatic carbocycles. The Morgan fingerprint density at radius 2 is 1.96 bits per heavy atom. The number of fused-ring (bicyclic) bond motifs is 1. The minimum Gasteiger partial charge on any atom is -0.497 e. The van der Waals surface area contributed by atoms with Gasteiger partial charge in [0.05, 0.1) is 32.4 Å². The van der Waals surface area contributed by atoms with Crippen LogP contribution in [0.5, 0.6) is 11.5 Å². The summed E-state index contributed by atoms with van der Waals surface area (Å²) in [6.07, 6.45) is 1.42. The smallest absolute Gasteiger partial charge is 0.341 e. The van der Waals surface area contributed by atoms with Gasteiger partial charge in [-0.2, -0.15) is 0 Å². The molecule has 0 amide bonds. The van der Waals surface area contributed by atoms with Crippen molar-refractivity contribution >= 4 is 28.5 Å². The van der Waals surface area contributed by atoms with Crippen LogP contribution in [0.3, 0.4) is 0 Å². The van der Waals surface area contributed by atoms with E-state index in [1.165, 1.54) is 20.4 Å². The van der Waals surface area contributed by atoms with E-state index < -0.39 is 17.9 Å². The van der Waals surface area contributed by atoms with Crippen LogP contribution in [0.25, 0.3) is 10.9 Å². The Labute approximate surface area is 157 Å². The van der Waals surface area contributed by atoms with E-state index in [2.05, 4.69) is 4.98 Å². The number of pyridine rings is 1. The first-order valence-electron chi connectivity index (χ1n) is 8.49. The lowest BCUT2D eigenvalue weighted by Gasteiger charge is -2.25. The fourth-order valence-electron chi connectivity index (χ4n) is 2.85. The quantitative estimate of drug-likeness (QED) is 0.702. The summed E-state index contributed by atoms with van der Waals surface area (Å²) in [4.78, 5) is 29.8. The van der Waals surface area contributed by atoms with Crippen LogP contribution in [-0.4, -0.2) is 56.4 Å². The van der Waals surface area contributed by atoms with Crippen molar-refractivity contribution in [2.45, 2.75) is 13.8 Å². The Morgan fingerprint density at radius 1 is 1.26 bits per heavy atom. The predicted octanol–water partition coefficient (Wildman–Crippen LogP) is 2.59. The Hall–Kier alpha value is -3.03. The van der Waals surface area contributed by atoms with Crippen LogP contribution in [0.1, 0.15) is 24.2 Å². The molecule has 8 heteroatoms.